The number of phenolic OH excluding ortho intramolecular Hbond substituents is 1. The third-order valence-electron chi connectivity index (χ3n) is 8.59. The molecule has 230 valence electrons. The van der Waals surface area contributed by atoms with Crippen LogP contribution in [0.2, 0.25) is 0 Å². The van der Waals surface area contributed by atoms with E-state index in [4.69, 9.17) is 9.72 Å². The zero-order valence-corrected chi connectivity index (χ0v) is 27.6. The number of nitrogens with zero attached hydrogens (tertiary/aromatic N) is 1. The molecule has 5 nitrogen and oxygen atoms in total. The fourth-order valence-corrected chi connectivity index (χ4v) is 5.98. The standard InChI is InChI=1S/C39H45NO4/c1-37(2,3)25-16-17-26-27(22-25)35(42)32(34(26)41)30-18-15-24-13-10-14-31(33(24)40-30)44-19-11-12-23-20-28(38(4,5)6)36(43)29(21-23)39(7,8)9/h10,13-18,20-22,32,43H,11-12,19H2,1-9H3. The number of pyridine rings is 1. The molecule has 5 heteroatoms. The van der Waals surface area contributed by atoms with E-state index >= 15 is 0 Å². The summed E-state index contributed by atoms with van der Waals surface area (Å²) in [5.74, 6) is -0.319. The number of ketones is 2. The molecule has 1 unspecified atom stereocenters. The SMILES string of the molecule is CC(C)(C)c1ccc2c(c1)C(=O)C(c1ccc3cccc(OCCCc4cc(C(C)(C)C)c(O)c(C(C)(C)C)c4)c3n1)C2=O. The Balaban J connectivity index is 1.36. The van der Waals surface area contributed by atoms with Crippen LogP contribution >= 0.6 is 0 Å². The molecule has 0 bridgehead atoms. The maximum absolute atomic E-state index is 13.5. The largest absolute Gasteiger partial charge is 0.507 e. The van der Waals surface area contributed by atoms with E-state index in [0.717, 1.165) is 34.9 Å². The smallest absolute Gasteiger partial charge is 0.180 e. The van der Waals surface area contributed by atoms with Crippen LogP contribution in [0.25, 0.3) is 10.9 Å². The van der Waals surface area contributed by atoms with Gasteiger partial charge in [0, 0.05) is 16.5 Å². The number of aryl methyl sites for hydroxylation is 1. The molecule has 0 saturated heterocycles. The van der Waals surface area contributed by atoms with Crippen LogP contribution in [0.1, 0.15) is 123 Å². The Kier molecular flexibility index (Phi) is 7.99. The summed E-state index contributed by atoms with van der Waals surface area (Å²) in [5, 5.41) is 11.9. The van der Waals surface area contributed by atoms with Gasteiger partial charge in [0.1, 0.15) is 22.9 Å². The number of aromatic nitrogens is 1. The second-order valence-corrected chi connectivity index (χ2v) is 15.2. The molecule has 0 amide bonds. The molecule has 3 aromatic carbocycles. The molecule has 0 saturated carbocycles. The predicted octanol–water partition coefficient (Wildman–Crippen LogP) is 9.01. The number of carbonyl (C=O) groups is 2. The zero-order valence-electron chi connectivity index (χ0n) is 27.6. The van der Waals surface area contributed by atoms with E-state index in [0.29, 0.717) is 40.4 Å². The Hall–Kier alpha value is -3.99. The number of hydrogen-bond acceptors (Lipinski definition) is 5. The summed E-state index contributed by atoms with van der Waals surface area (Å²) in [4.78, 5) is 31.8. The maximum atomic E-state index is 13.5. The van der Waals surface area contributed by atoms with Crippen LogP contribution in [0.4, 0.5) is 0 Å². The summed E-state index contributed by atoms with van der Waals surface area (Å²) < 4.78 is 6.26. The second kappa shape index (κ2) is 11.2. The van der Waals surface area contributed by atoms with Gasteiger partial charge in [0.25, 0.3) is 0 Å². The molecule has 0 fully saturated rings. The lowest BCUT2D eigenvalue weighted by Crippen LogP contribution is -2.18. The number of Topliss-reactive ketones (excluding diaryl/α,β-unsaturated/α-hetero) is 2. The minimum absolute atomic E-state index is 0.129. The molecule has 4 aromatic rings. The first-order valence-corrected chi connectivity index (χ1v) is 15.6. The predicted molar refractivity (Wildman–Crippen MR) is 178 cm³/mol. The Morgan fingerprint density at radius 1 is 0.750 bits per heavy atom. The van der Waals surface area contributed by atoms with Crippen molar-refractivity contribution in [2.24, 2.45) is 0 Å². The Morgan fingerprint density at radius 3 is 2.00 bits per heavy atom. The lowest BCUT2D eigenvalue weighted by atomic mass is 9.78. The van der Waals surface area contributed by atoms with Crippen molar-refractivity contribution in [2.75, 3.05) is 6.61 Å². The number of ether oxygens (including phenoxy) is 1. The van der Waals surface area contributed by atoms with Gasteiger partial charge in [-0.3, -0.25) is 9.59 Å². The summed E-state index contributed by atoms with van der Waals surface area (Å²) in [6, 6.07) is 19.3. The highest BCUT2D eigenvalue weighted by molar-refractivity contribution is 6.29. The molecule has 0 aliphatic heterocycles. The first kappa shape index (κ1) is 31.4. The van der Waals surface area contributed by atoms with Crippen molar-refractivity contribution in [3.63, 3.8) is 0 Å². The highest BCUT2D eigenvalue weighted by Crippen LogP contribution is 2.40. The molecule has 1 N–H and O–H groups in total. The van der Waals surface area contributed by atoms with Crippen LogP contribution in [0.5, 0.6) is 11.5 Å². The fraction of sp³-hybridized carbons (Fsp3) is 0.410. The number of hydrogen-bond donors (Lipinski definition) is 1. The summed E-state index contributed by atoms with van der Waals surface area (Å²) in [6.45, 7) is 19.5. The van der Waals surface area contributed by atoms with Gasteiger partial charge in [-0.25, -0.2) is 4.98 Å². The van der Waals surface area contributed by atoms with Crippen molar-refractivity contribution in [1.82, 2.24) is 4.98 Å². The van der Waals surface area contributed by atoms with Crippen molar-refractivity contribution in [3.8, 4) is 11.5 Å². The Bertz CT molecular complexity index is 1730. The number of fused-ring (bicyclic) bond motifs is 2. The Morgan fingerprint density at radius 2 is 1.39 bits per heavy atom. The van der Waals surface area contributed by atoms with Crippen LogP contribution in [0.3, 0.4) is 0 Å². The van der Waals surface area contributed by atoms with Gasteiger partial charge in [-0.15, -0.1) is 0 Å². The summed E-state index contributed by atoms with van der Waals surface area (Å²) >= 11 is 0. The number of phenols is 1. The summed E-state index contributed by atoms with van der Waals surface area (Å²) in [7, 11) is 0. The van der Waals surface area contributed by atoms with Crippen LogP contribution in [-0.4, -0.2) is 28.3 Å². The van der Waals surface area contributed by atoms with E-state index in [9.17, 15) is 14.7 Å². The number of para-hydroxylation sites is 1. The van der Waals surface area contributed by atoms with E-state index in [1.54, 1.807) is 12.1 Å². The third-order valence-corrected chi connectivity index (χ3v) is 8.59. The lowest BCUT2D eigenvalue weighted by molar-refractivity contribution is 0.0888. The maximum Gasteiger partial charge on any atom is 0.180 e. The molecule has 1 aliphatic rings. The van der Waals surface area contributed by atoms with Gasteiger partial charge in [-0.2, -0.15) is 0 Å². The van der Waals surface area contributed by atoms with Gasteiger partial charge < -0.3 is 9.84 Å². The van der Waals surface area contributed by atoms with Crippen LogP contribution < -0.4 is 4.74 Å². The molecule has 0 radical (unpaired) electrons. The molecule has 1 atom stereocenters. The van der Waals surface area contributed by atoms with Crippen molar-refractivity contribution >= 4 is 22.5 Å². The van der Waals surface area contributed by atoms with Crippen molar-refractivity contribution < 1.29 is 19.4 Å². The van der Waals surface area contributed by atoms with Crippen LogP contribution in [0, 0.1) is 0 Å². The van der Waals surface area contributed by atoms with Gasteiger partial charge in [0.05, 0.1) is 12.3 Å². The van der Waals surface area contributed by atoms with Crippen molar-refractivity contribution in [3.05, 3.63) is 99.7 Å². The highest BCUT2D eigenvalue weighted by Gasteiger charge is 2.41. The van der Waals surface area contributed by atoms with Gasteiger partial charge in [-0.1, -0.05) is 105 Å². The van der Waals surface area contributed by atoms with E-state index in [2.05, 4.69) is 74.4 Å². The molecular formula is C39H45NO4. The molecular weight excluding hydrogens is 546 g/mol. The van der Waals surface area contributed by atoms with Crippen molar-refractivity contribution in [1.29, 1.82) is 0 Å². The minimum Gasteiger partial charge on any atom is -0.507 e. The number of rotatable bonds is 6. The van der Waals surface area contributed by atoms with Gasteiger partial charge in [0.2, 0.25) is 0 Å². The molecule has 0 spiro atoms. The average molecular weight is 592 g/mol. The fourth-order valence-electron chi connectivity index (χ4n) is 5.98. The van der Waals surface area contributed by atoms with E-state index in [-0.39, 0.29) is 27.8 Å². The van der Waals surface area contributed by atoms with E-state index in [1.165, 1.54) is 5.56 Å². The second-order valence-electron chi connectivity index (χ2n) is 15.2. The van der Waals surface area contributed by atoms with Crippen molar-refractivity contribution in [2.45, 2.75) is 97.3 Å². The number of aromatic hydroxyl groups is 1. The third kappa shape index (κ3) is 6.02. The molecule has 1 aromatic heterocycles. The lowest BCUT2D eigenvalue weighted by Gasteiger charge is -2.28. The van der Waals surface area contributed by atoms with E-state index < -0.39 is 5.92 Å². The Labute approximate surface area is 261 Å². The van der Waals surface area contributed by atoms with Gasteiger partial charge >= 0.3 is 0 Å². The first-order chi connectivity index (χ1) is 20.5. The summed E-state index contributed by atoms with van der Waals surface area (Å²) in [5.41, 5.74) is 5.67. The molecule has 1 heterocycles. The van der Waals surface area contributed by atoms with Crippen LogP contribution in [0.15, 0.2) is 60.7 Å². The summed E-state index contributed by atoms with van der Waals surface area (Å²) in [6.07, 6.45) is 1.58. The van der Waals surface area contributed by atoms with Crippen LogP contribution in [-0.2, 0) is 22.7 Å². The molecule has 1 aliphatic carbocycles. The minimum atomic E-state index is -0.943. The number of benzene rings is 3. The van der Waals surface area contributed by atoms with E-state index in [1.807, 2.05) is 36.4 Å². The first-order valence-electron chi connectivity index (χ1n) is 15.6. The molecule has 5 rings (SSSR count). The molecule has 44 heavy (non-hydrogen) atoms. The highest BCUT2D eigenvalue weighted by atomic mass is 16.5. The van der Waals surface area contributed by atoms with Gasteiger partial charge in [-0.05, 0) is 69.5 Å². The average Bonchev–Trinajstić information content (AvgIpc) is 3.18. The quantitative estimate of drug-likeness (QED) is 0.179. The zero-order chi connectivity index (χ0) is 32.2. The normalized spacial score (nSPS) is 15.6. The topological polar surface area (TPSA) is 76.5 Å². The monoisotopic (exact) mass is 591 g/mol. The van der Waals surface area contributed by atoms with Gasteiger partial charge in [0.15, 0.2) is 11.6 Å². The number of carbonyl (C=O) groups excluding carboxylic acids is 2.